The smallest absolute Gasteiger partial charge is 0.264 e. The van der Waals surface area contributed by atoms with Crippen LogP contribution in [-0.2, 0) is 10.0 Å². The topological polar surface area (TPSA) is 70.1 Å². The quantitative estimate of drug-likeness (QED) is 0.544. The van der Waals surface area contributed by atoms with Crippen LogP contribution in [0.3, 0.4) is 0 Å². The normalized spacial score (nSPS) is 15.5. The lowest BCUT2D eigenvalue weighted by Gasteiger charge is -2.28. The van der Waals surface area contributed by atoms with Gasteiger partial charge in [0.25, 0.3) is 15.9 Å². The second kappa shape index (κ2) is 9.58. The van der Waals surface area contributed by atoms with Crippen LogP contribution in [0, 0.1) is 0 Å². The molecule has 0 unspecified atom stereocenters. The molecule has 4 rings (SSSR count). The summed E-state index contributed by atoms with van der Waals surface area (Å²) in [6.45, 7) is 0.578. The first-order valence-electron chi connectivity index (χ1n) is 10.2. The number of para-hydroxylation sites is 2. The fourth-order valence-corrected chi connectivity index (χ4v) is 5.47. The molecule has 0 bridgehead atoms. The fourth-order valence-electron chi connectivity index (χ4n) is 3.31. The third kappa shape index (κ3) is 4.71. The van der Waals surface area contributed by atoms with Crippen LogP contribution in [-0.4, -0.2) is 43.7 Å². The molecule has 0 spiro atoms. The number of carbonyl (C=O) groups is 1. The molecule has 32 heavy (non-hydrogen) atoms. The Morgan fingerprint density at radius 1 is 0.938 bits per heavy atom. The summed E-state index contributed by atoms with van der Waals surface area (Å²) in [7, 11) is -2.22. The minimum atomic E-state index is -3.73. The van der Waals surface area contributed by atoms with Crippen molar-refractivity contribution in [1.29, 1.82) is 0 Å². The molecule has 6 nitrogen and oxygen atoms in total. The summed E-state index contributed by atoms with van der Waals surface area (Å²) < 4.78 is 27.2. The minimum Gasteiger partial charge on any atom is -0.287 e. The highest BCUT2D eigenvalue weighted by molar-refractivity contribution is 8.13. The number of anilines is 1. The molecule has 0 saturated carbocycles. The van der Waals surface area contributed by atoms with Crippen molar-refractivity contribution in [3.63, 3.8) is 0 Å². The van der Waals surface area contributed by atoms with E-state index in [9.17, 15) is 13.2 Å². The summed E-state index contributed by atoms with van der Waals surface area (Å²) >= 11 is 1.55. The number of nitrogens with zero attached hydrogens (tertiary/aromatic N) is 3. The summed E-state index contributed by atoms with van der Waals surface area (Å²) in [5.74, 6) is 0.714. The van der Waals surface area contributed by atoms with Gasteiger partial charge in [-0.15, -0.1) is 0 Å². The number of amides is 1. The van der Waals surface area contributed by atoms with Crippen LogP contribution in [0.5, 0.6) is 0 Å². The Morgan fingerprint density at radius 3 is 2.22 bits per heavy atom. The van der Waals surface area contributed by atoms with E-state index in [1.807, 2.05) is 36.4 Å². The fraction of sp³-hybridized carbons (Fsp3) is 0.167. The van der Waals surface area contributed by atoms with Crippen LogP contribution in [0.15, 0.2) is 94.8 Å². The monoisotopic (exact) mass is 465 g/mol. The molecule has 1 fully saturated rings. The molecule has 0 N–H and O–H groups in total. The number of thioether (sulfide) groups is 1. The number of aliphatic imine (C=N–C) groups is 1. The number of carbonyl (C=O) groups excluding carboxylic acids is 1. The van der Waals surface area contributed by atoms with Gasteiger partial charge in [0.15, 0.2) is 5.17 Å². The second-order valence-corrected chi connectivity index (χ2v) is 10.3. The standard InChI is InChI=1S/C24H23N3O3S2/c1-26(21-11-6-3-7-12-21)32(29,30)22-15-13-19(14-16-22)23(28)27-17-8-18-31-24(27)25-20-9-4-2-5-10-20/h2-7,9-16H,8,17-18H2,1H3. The van der Waals surface area contributed by atoms with Crippen LogP contribution in [0.2, 0.25) is 0 Å². The molecule has 3 aromatic rings. The van der Waals surface area contributed by atoms with Gasteiger partial charge in [-0.05, 0) is 55.0 Å². The lowest BCUT2D eigenvalue weighted by molar-refractivity contribution is 0.0849. The number of amidine groups is 1. The molecular weight excluding hydrogens is 442 g/mol. The largest absolute Gasteiger partial charge is 0.287 e. The van der Waals surface area contributed by atoms with Crippen molar-refractivity contribution in [3.8, 4) is 0 Å². The highest BCUT2D eigenvalue weighted by Crippen LogP contribution is 2.25. The van der Waals surface area contributed by atoms with Crippen LogP contribution >= 0.6 is 11.8 Å². The van der Waals surface area contributed by atoms with Crippen molar-refractivity contribution in [2.75, 3.05) is 23.7 Å². The van der Waals surface area contributed by atoms with Crippen molar-refractivity contribution >= 4 is 44.2 Å². The van der Waals surface area contributed by atoms with Crippen molar-refractivity contribution in [2.24, 2.45) is 4.99 Å². The van der Waals surface area contributed by atoms with Gasteiger partial charge >= 0.3 is 0 Å². The van der Waals surface area contributed by atoms with E-state index in [4.69, 9.17) is 0 Å². The molecule has 1 amide bonds. The van der Waals surface area contributed by atoms with Crippen LogP contribution in [0.25, 0.3) is 0 Å². The van der Waals surface area contributed by atoms with Gasteiger partial charge in [0.05, 0.1) is 16.3 Å². The summed E-state index contributed by atoms with van der Waals surface area (Å²) in [5.41, 5.74) is 1.79. The van der Waals surface area contributed by atoms with Crippen molar-refractivity contribution in [2.45, 2.75) is 11.3 Å². The van der Waals surface area contributed by atoms with E-state index < -0.39 is 10.0 Å². The van der Waals surface area contributed by atoms with Crippen molar-refractivity contribution in [1.82, 2.24) is 4.90 Å². The maximum absolute atomic E-state index is 13.2. The molecule has 0 aliphatic carbocycles. The number of benzene rings is 3. The van der Waals surface area contributed by atoms with Gasteiger partial charge in [-0.25, -0.2) is 13.4 Å². The molecule has 8 heteroatoms. The maximum Gasteiger partial charge on any atom is 0.264 e. The van der Waals surface area contributed by atoms with Crippen LogP contribution in [0.1, 0.15) is 16.8 Å². The number of hydrogen-bond acceptors (Lipinski definition) is 5. The molecule has 0 atom stereocenters. The molecule has 164 valence electrons. The van der Waals surface area contributed by atoms with Gasteiger partial charge in [0.2, 0.25) is 0 Å². The number of hydrogen-bond donors (Lipinski definition) is 0. The first kappa shape index (κ1) is 22.1. The minimum absolute atomic E-state index is 0.131. The highest BCUT2D eigenvalue weighted by Gasteiger charge is 2.26. The molecule has 1 heterocycles. The highest BCUT2D eigenvalue weighted by atomic mass is 32.2. The van der Waals surface area contributed by atoms with Gasteiger partial charge in [-0.1, -0.05) is 48.2 Å². The van der Waals surface area contributed by atoms with Gasteiger partial charge in [0.1, 0.15) is 0 Å². The Morgan fingerprint density at radius 2 is 1.56 bits per heavy atom. The molecular formula is C24H23N3O3S2. The zero-order valence-corrected chi connectivity index (χ0v) is 19.2. The predicted molar refractivity (Wildman–Crippen MR) is 130 cm³/mol. The van der Waals surface area contributed by atoms with Crippen LogP contribution < -0.4 is 4.31 Å². The first-order valence-corrected chi connectivity index (χ1v) is 12.6. The molecule has 0 aromatic heterocycles. The summed E-state index contributed by atoms with van der Waals surface area (Å²) in [6, 6.07) is 24.5. The maximum atomic E-state index is 13.2. The van der Waals surface area contributed by atoms with Crippen molar-refractivity contribution < 1.29 is 13.2 Å². The van der Waals surface area contributed by atoms with E-state index >= 15 is 0 Å². The summed E-state index contributed by atoms with van der Waals surface area (Å²) in [5, 5.41) is 0.660. The lowest BCUT2D eigenvalue weighted by Crippen LogP contribution is -2.39. The zero-order valence-electron chi connectivity index (χ0n) is 17.6. The molecule has 1 aliphatic rings. The Balaban J connectivity index is 1.57. The predicted octanol–water partition coefficient (Wildman–Crippen LogP) is 4.78. The van der Waals surface area contributed by atoms with Gasteiger partial charge in [0, 0.05) is 24.9 Å². The van der Waals surface area contributed by atoms with Crippen LogP contribution in [0.4, 0.5) is 11.4 Å². The summed E-state index contributed by atoms with van der Waals surface area (Å²) in [4.78, 5) is 19.6. The SMILES string of the molecule is CN(c1ccccc1)S(=O)(=O)c1ccc(C(=O)N2CCCSC2=Nc2ccccc2)cc1. The van der Waals surface area contributed by atoms with Gasteiger partial charge in [-0.2, -0.15) is 0 Å². The third-order valence-corrected chi connectivity index (χ3v) is 7.96. The molecule has 0 radical (unpaired) electrons. The number of rotatable bonds is 5. The van der Waals surface area contributed by atoms with E-state index in [1.54, 1.807) is 53.1 Å². The molecule has 1 aliphatic heterocycles. The third-order valence-electron chi connectivity index (χ3n) is 5.09. The Labute approximate surface area is 192 Å². The van der Waals surface area contributed by atoms with E-state index in [0.29, 0.717) is 23.0 Å². The zero-order chi connectivity index (χ0) is 22.6. The van der Waals surface area contributed by atoms with E-state index in [1.165, 1.54) is 23.5 Å². The van der Waals surface area contributed by atoms with E-state index in [0.717, 1.165) is 17.9 Å². The molecule has 1 saturated heterocycles. The first-order chi connectivity index (χ1) is 15.5. The van der Waals surface area contributed by atoms with Gasteiger partial charge in [-0.3, -0.25) is 14.0 Å². The second-order valence-electron chi connectivity index (χ2n) is 7.22. The lowest BCUT2D eigenvalue weighted by atomic mass is 10.2. The number of sulfonamides is 1. The average molecular weight is 466 g/mol. The van der Waals surface area contributed by atoms with E-state index in [-0.39, 0.29) is 10.8 Å². The van der Waals surface area contributed by atoms with Gasteiger partial charge < -0.3 is 0 Å². The summed E-state index contributed by atoms with van der Waals surface area (Å²) in [6.07, 6.45) is 0.874. The van der Waals surface area contributed by atoms with Crippen molar-refractivity contribution in [3.05, 3.63) is 90.5 Å². The Bertz CT molecular complexity index is 1210. The Hall–Kier alpha value is -3.10. The molecule has 3 aromatic carbocycles. The van der Waals surface area contributed by atoms with E-state index in [2.05, 4.69) is 4.99 Å². The Kier molecular flexibility index (Phi) is 6.62. The average Bonchev–Trinajstić information content (AvgIpc) is 2.85.